The number of guanidine groups is 1. The number of methoxy groups -OCH3 is 2. The summed E-state index contributed by atoms with van der Waals surface area (Å²) in [5.74, 6) is 0.849. The summed E-state index contributed by atoms with van der Waals surface area (Å²) in [6.07, 6.45) is 0.827. The molecule has 0 aliphatic carbocycles. The summed E-state index contributed by atoms with van der Waals surface area (Å²) >= 11 is 0. The molecule has 1 atom stereocenters. The predicted molar refractivity (Wildman–Crippen MR) is 136 cm³/mol. The maximum atomic E-state index is 12.9. The van der Waals surface area contributed by atoms with E-state index in [1.54, 1.807) is 33.9 Å². The van der Waals surface area contributed by atoms with Crippen molar-refractivity contribution in [1.82, 2.24) is 10.0 Å². The van der Waals surface area contributed by atoms with Gasteiger partial charge in [-0.25, -0.2) is 13.1 Å². The highest BCUT2D eigenvalue weighted by Crippen LogP contribution is 2.30. The highest BCUT2D eigenvalue weighted by Gasteiger charge is 2.23. The zero-order valence-electron chi connectivity index (χ0n) is 20.8. The summed E-state index contributed by atoms with van der Waals surface area (Å²) < 4.78 is 38.5. The van der Waals surface area contributed by atoms with Crippen LogP contribution in [-0.2, 0) is 21.4 Å². The van der Waals surface area contributed by atoms with Gasteiger partial charge >= 0.3 is 0 Å². The third-order valence-electron chi connectivity index (χ3n) is 5.62. The van der Waals surface area contributed by atoms with Gasteiger partial charge in [-0.3, -0.25) is 9.79 Å². The number of sulfonamides is 1. The second kappa shape index (κ2) is 12.4. The molecule has 2 aromatic rings. The van der Waals surface area contributed by atoms with E-state index in [0.29, 0.717) is 36.3 Å². The second-order valence-corrected chi connectivity index (χ2v) is 9.78. The number of amides is 1. The van der Waals surface area contributed by atoms with Crippen LogP contribution in [0, 0.1) is 20.8 Å². The molecule has 2 rings (SSSR count). The van der Waals surface area contributed by atoms with Crippen LogP contribution in [-0.4, -0.2) is 47.1 Å². The summed E-state index contributed by atoms with van der Waals surface area (Å²) in [6, 6.07) is 8.31. The molecule has 0 radical (unpaired) electrons. The zero-order chi connectivity index (χ0) is 26.2. The highest BCUT2D eigenvalue weighted by atomic mass is 32.2. The Morgan fingerprint density at radius 2 is 1.74 bits per heavy atom. The van der Waals surface area contributed by atoms with E-state index in [2.05, 4.69) is 15.0 Å². The van der Waals surface area contributed by atoms with Crippen LogP contribution >= 0.6 is 0 Å². The quantitative estimate of drug-likeness (QED) is 0.205. The van der Waals surface area contributed by atoms with E-state index in [-0.39, 0.29) is 23.3 Å². The summed E-state index contributed by atoms with van der Waals surface area (Å²) in [7, 11) is -0.806. The van der Waals surface area contributed by atoms with Crippen LogP contribution in [0.4, 0.5) is 0 Å². The maximum Gasteiger partial charge on any atom is 0.264 e. The molecule has 0 heterocycles. The van der Waals surface area contributed by atoms with Gasteiger partial charge in [-0.1, -0.05) is 12.1 Å². The average molecular weight is 506 g/mol. The number of carbonyl (C=O) groups excluding carboxylic acids is 1. The van der Waals surface area contributed by atoms with Gasteiger partial charge in [-0.15, -0.1) is 0 Å². The number of nitrogens with zero attached hydrogens (tertiary/aromatic N) is 1. The lowest BCUT2D eigenvalue weighted by Gasteiger charge is -2.17. The van der Waals surface area contributed by atoms with Crippen molar-refractivity contribution in [2.75, 3.05) is 20.8 Å². The van der Waals surface area contributed by atoms with Gasteiger partial charge in [0.15, 0.2) is 0 Å². The largest absolute Gasteiger partial charge is 0.497 e. The predicted octanol–water partition coefficient (Wildman–Crippen LogP) is 1.65. The maximum absolute atomic E-state index is 12.9. The molecule has 0 unspecified atom stereocenters. The minimum absolute atomic E-state index is 0.143. The number of ether oxygens (including phenoxy) is 2. The number of hydrogen-bond donors (Lipinski definition) is 4. The molecule has 0 saturated heterocycles. The minimum Gasteiger partial charge on any atom is -0.497 e. The van der Waals surface area contributed by atoms with E-state index in [1.807, 2.05) is 24.3 Å². The van der Waals surface area contributed by atoms with Crippen LogP contribution in [0.15, 0.2) is 40.2 Å². The van der Waals surface area contributed by atoms with E-state index in [0.717, 1.165) is 16.9 Å². The first kappa shape index (κ1) is 27.9. The van der Waals surface area contributed by atoms with Crippen molar-refractivity contribution >= 4 is 21.9 Å². The third kappa shape index (κ3) is 7.59. The fourth-order valence-electron chi connectivity index (χ4n) is 3.57. The van der Waals surface area contributed by atoms with Crippen molar-refractivity contribution < 1.29 is 22.7 Å². The smallest absolute Gasteiger partial charge is 0.264 e. The lowest BCUT2D eigenvalue weighted by molar-refractivity contribution is -0.122. The number of aliphatic imine (C=N–C) groups is 1. The van der Waals surface area contributed by atoms with Crippen LogP contribution in [0.1, 0.15) is 35.1 Å². The number of carbonyl (C=O) groups is 1. The molecule has 1 amide bonds. The molecule has 0 saturated carbocycles. The standard InChI is InChI=1S/C24H35N5O5S/c1-15-13-21(34-5)16(2)17(3)22(15)35(31,32)29-24(26)27-12-6-7-20(25)23(30)28-14-18-8-10-19(33-4)11-9-18/h8-11,13,20H,6-7,12,14,25H2,1-5H3,(H,28,30)(H3,26,27,29)/t20-/m0/s1. The van der Waals surface area contributed by atoms with Crippen molar-refractivity contribution in [1.29, 1.82) is 0 Å². The van der Waals surface area contributed by atoms with E-state index < -0.39 is 16.1 Å². The SMILES string of the molecule is COc1ccc(CNC(=O)[C@@H](N)CCCN=C(N)NS(=O)(=O)c2c(C)cc(OC)c(C)c2C)cc1. The van der Waals surface area contributed by atoms with Crippen molar-refractivity contribution in [3.05, 3.63) is 52.6 Å². The third-order valence-corrected chi connectivity index (χ3v) is 7.27. The topological polar surface area (TPSA) is 158 Å². The van der Waals surface area contributed by atoms with Gasteiger partial charge in [0, 0.05) is 13.1 Å². The first-order valence-corrected chi connectivity index (χ1v) is 12.6. The molecule has 0 spiro atoms. The van der Waals surface area contributed by atoms with Crippen LogP contribution in [0.25, 0.3) is 0 Å². The Morgan fingerprint density at radius 1 is 1.09 bits per heavy atom. The van der Waals surface area contributed by atoms with E-state index in [9.17, 15) is 13.2 Å². The van der Waals surface area contributed by atoms with Gasteiger partial charge in [0.1, 0.15) is 11.5 Å². The Bertz CT molecular complexity index is 1160. The fourth-order valence-corrected chi connectivity index (χ4v) is 5.05. The summed E-state index contributed by atoms with van der Waals surface area (Å²) in [5, 5.41) is 2.79. The Labute approximate surface area is 207 Å². The van der Waals surface area contributed by atoms with Crippen molar-refractivity contribution in [2.24, 2.45) is 16.5 Å². The molecule has 0 bridgehead atoms. The molecule has 0 aliphatic heterocycles. The Morgan fingerprint density at radius 3 is 2.34 bits per heavy atom. The van der Waals surface area contributed by atoms with Crippen LogP contribution < -0.4 is 31.0 Å². The summed E-state index contributed by atoms with van der Waals surface area (Å²) in [6.45, 7) is 5.77. The molecule has 6 N–H and O–H groups in total. The molecule has 11 heteroatoms. The number of hydrogen-bond acceptors (Lipinski definition) is 7. The lowest BCUT2D eigenvalue weighted by Crippen LogP contribution is -2.40. The van der Waals surface area contributed by atoms with Crippen molar-refractivity contribution in [2.45, 2.75) is 51.1 Å². The molecule has 192 valence electrons. The average Bonchev–Trinajstić information content (AvgIpc) is 2.82. The number of rotatable bonds is 11. The molecule has 10 nitrogen and oxygen atoms in total. The highest BCUT2D eigenvalue weighted by molar-refractivity contribution is 7.90. The molecular weight excluding hydrogens is 470 g/mol. The van der Waals surface area contributed by atoms with E-state index >= 15 is 0 Å². The van der Waals surface area contributed by atoms with Gasteiger partial charge in [-0.2, -0.15) is 0 Å². The number of nitrogens with two attached hydrogens (primary N) is 2. The fraction of sp³-hybridized carbons (Fsp3) is 0.417. The summed E-state index contributed by atoms with van der Waals surface area (Å²) in [5.41, 5.74) is 14.5. The van der Waals surface area contributed by atoms with Crippen molar-refractivity contribution in [3.63, 3.8) is 0 Å². The van der Waals surface area contributed by atoms with Gasteiger partial charge in [-0.05, 0) is 74.1 Å². The lowest BCUT2D eigenvalue weighted by atomic mass is 10.1. The van der Waals surface area contributed by atoms with Crippen LogP contribution in [0.2, 0.25) is 0 Å². The normalized spacial score (nSPS) is 12.7. The number of nitrogens with one attached hydrogen (secondary N) is 2. The monoisotopic (exact) mass is 505 g/mol. The molecule has 0 aromatic heterocycles. The molecule has 0 aliphatic rings. The second-order valence-electron chi connectivity index (χ2n) is 8.16. The first-order valence-electron chi connectivity index (χ1n) is 11.1. The molecule has 35 heavy (non-hydrogen) atoms. The van der Waals surface area contributed by atoms with Crippen LogP contribution in [0.5, 0.6) is 11.5 Å². The van der Waals surface area contributed by atoms with E-state index in [1.165, 1.54) is 7.11 Å². The Hall–Kier alpha value is -3.31. The van der Waals surface area contributed by atoms with Gasteiger partial charge in [0.25, 0.3) is 10.0 Å². The van der Waals surface area contributed by atoms with Gasteiger partial charge < -0.3 is 26.3 Å². The Balaban J connectivity index is 1.86. The number of benzene rings is 2. The van der Waals surface area contributed by atoms with Gasteiger partial charge in [0.2, 0.25) is 11.9 Å². The summed E-state index contributed by atoms with van der Waals surface area (Å²) in [4.78, 5) is 16.4. The van der Waals surface area contributed by atoms with E-state index in [4.69, 9.17) is 20.9 Å². The van der Waals surface area contributed by atoms with Crippen LogP contribution in [0.3, 0.4) is 0 Å². The molecule has 0 fully saturated rings. The Kier molecular flexibility index (Phi) is 9.90. The number of aryl methyl sites for hydroxylation is 1. The molecular formula is C24H35N5O5S. The van der Waals surface area contributed by atoms with Gasteiger partial charge in [0.05, 0.1) is 25.2 Å². The minimum atomic E-state index is -3.93. The first-order chi connectivity index (χ1) is 16.5. The molecule has 2 aromatic carbocycles. The van der Waals surface area contributed by atoms with Crippen molar-refractivity contribution in [3.8, 4) is 11.5 Å². The zero-order valence-corrected chi connectivity index (χ0v) is 21.7.